The fourth-order valence-corrected chi connectivity index (χ4v) is 2.97. The molecule has 0 bridgehead atoms. The molecule has 5 nitrogen and oxygen atoms in total. The van der Waals surface area contributed by atoms with Gasteiger partial charge in [-0.05, 0) is 32.0 Å². The van der Waals surface area contributed by atoms with Gasteiger partial charge in [0.05, 0.1) is 18.3 Å². The van der Waals surface area contributed by atoms with E-state index in [9.17, 15) is 4.79 Å². The fraction of sp³-hybridized carbons (Fsp3) is 0.400. The Morgan fingerprint density at radius 3 is 2.75 bits per heavy atom. The van der Waals surface area contributed by atoms with E-state index in [0.29, 0.717) is 12.8 Å². The molecule has 0 amide bonds. The molecule has 0 radical (unpaired) electrons. The molecule has 1 aliphatic rings. The van der Waals surface area contributed by atoms with Gasteiger partial charge in [0.2, 0.25) is 0 Å². The molecule has 0 spiro atoms. The summed E-state index contributed by atoms with van der Waals surface area (Å²) < 4.78 is 5.07. The largest absolute Gasteiger partial charge is 0.468 e. The lowest BCUT2D eigenvalue weighted by Crippen LogP contribution is -2.46. The van der Waals surface area contributed by atoms with Crippen LogP contribution < -0.4 is 5.32 Å². The van der Waals surface area contributed by atoms with Crippen molar-refractivity contribution in [3.63, 3.8) is 0 Å². The van der Waals surface area contributed by atoms with Gasteiger partial charge in [0, 0.05) is 5.39 Å². The topological polar surface area (TPSA) is 64.1 Å². The first-order valence-electron chi connectivity index (χ1n) is 6.77. The highest BCUT2D eigenvalue weighted by atomic mass is 16.5. The average Bonchev–Trinajstić information content (AvgIpc) is 2.54. The Morgan fingerprint density at radius 2 is 2.00 bits per heavy atom. The van der Waals surface area contributed by atoms with E-state index >= 15 is 0 Å². The Hall–Kier alpha value is -2.01. The number of piperidine rings is 1. The van der Waals surface area contributed by atoms with Gasteiger partial charge in [0.1, 0.15) is 11.7 Å². The van der Waals surface area contributed by atoms with Gasteiger partial charge in [-0.2, -0.15) is 0 Å². The van der Waals surface area contributed by atoms with Crippen LogP contribution >= 0.6 is 0 Å². The zero-order chi connectivity index (χ0) is 14.0. The van der Waals surface area contributed by atoms with Crippen molar-refractivity contribution in [1.82, 2.24) is 15.3 Å². The number of para-hydroxylation sites is 1. The molecule has 104 valence electrons. The molecule has 3 rings (SSSR count). The Labute approximate surface area is 117 Å². The third-order valence-corrected chi connectivity index (χ3v) is 4.03. The second-order valence-corrected chi connectivity index (χ2v) is 5.06. The van der Waals surface area contributed by atoms with E-state index in [4.69, 9.17) is 4.74 Å². The zero-order valence-electron chi connectivity index (χ0n) is 11.4. The van der Waals surface area contributed by atoms with Crippen LogP contribution in [0.15, 0.2) is 30.6 Å². The highest BCUT2D eigenvalue weighted by molar-refractivity contribution is 5.90. The van der Waals surface area contributed by atoms with Crippen molar-refractivity contribution >= 4 is 16.9 Å². The predicted molar refractivity (Wildman–Crippen MR) is 75.3 cm³/mol. The number of aromatic nitrogens is 2. The van der Waals surface area contributed by atoms with Crippen LogP contribution in [0.2, 0.25) is 0 Å². The van der Waals surface area contributed by atoms with Gasteiger partial charge in [-0.3, -0.25) is 4.79 Å². The van der Waals surface area contributed by atoms with Gasteiger partial charge < -0.3 is 10.1 Å². The molecular weight excluding hydrogens is 254 g/mol. The van der Waals surface area contributed by atoms with E-state index in [0.717, 1.165) is 29.7 Å². The van der Waals surface area contributed by atoms with Crippen molar-refractivity contribution in [2.45, 2.75) is 18.3 Å². The van der Waals surface area contributed by atoms with Gasteiger partial charge in [0.25, 0.3) is 0 Å². The molecule has 0 aliphatic carbocycles. The van der Waals surface area contributed by atoms with E-state index in [2.05, 4.69) is 15.3 Å². The summed E-state index contributed by atoms with van der Waals surface area (Å²) in [7, 11) is 1.44. The molecular formula is C15H17N3O2. The summed E-state index contributed by atoms with van der Waals surface area (Å²) in [5.74, 6) is -0.206. The van der Waals surface area contributed by atoms with Gasteiger partial charge in [0.15, 0.2) is 0 Å². The molecule has 2 heterocycles. The van der Waals surface area contributed by atoms with Crippen LogP contribution in [-0.2, 0) is 14.9 Å². The van der Waals surface area contributed by atoms with Gasteiger partial charge >= 0.3 is 5.97 Å². The minimum absolute atomic E-state index is 0.206. The Morgan fingerprint density at radius 1 is 1.25 bits per heavy atom. The summed E-state index contributed by atoms with van der Waals surface area (Å²) in [6.45, 7) is 1.57. The smallest absolute Gasteiger partial charge is 0.318 e. The SMILES string of the molecule is COC(=O)C1(c2ncnc3ccccc23)CCNCC1. The lowest BCUT2D eigenvalue weighted by atomic mass is 9.74. The maximum absolute atomic E-state index is 12.4. The number of hydrogen-bond donors (Lipinski definition) is 1. The van der Waals surface area contributed by atoms with Gasteiger partial charge in [-0.1, -0.05) is 18.2 Å². The second kappa shape index (κ2) is 5.17. The van der Waals surface area contributed by atoms with Crippen LogP contribution in [0, 0.1) is 0 Å². The number of carbonyl (C=O) groups excluding carboxylic acids is 1. The minimum Gasteiger partial charge on any atom is -0.468 e. The maximum atomic E-state index is 12.4. The van der Waals surface area contributed by atoms with Crippen LogP contribution in [-0.4, -0.2) is 36.1 Å². The van der Waals surface area contributed by atoms with Crippen LogP contribution in [0.3, 0.4) is 0 Å². The van der Waals surface area contributed by atoms with Crippen LogP contribution in [0.1, 0.15) is 18.5 Å². The molecule has 1 aromatic heterocycles. The molecule has 1 aliphatic heterocycles. The average molecular weight is 271 g/mol. The second-order valence-electron chi connectivity index (χ2n) is 5.06. The first kappa shape index (κ1) is 13.0. The van der Waals surface area contributed by atoms with Crippen LogP contribution in [0.25, 0.3) is 10.9 Å². The Balaban J connectivity index is 2.21. The quantitative estimate of drug-likeness (QED) is 0.837. The van der Waals surface area contributed by atoms with Gasteiger partial charge in [-0.15, -0.1) is 0 Å². The lowest BCUT2D eigenvalue weighted by Gasteiger charge is -2.34. The third kappa shape index (κ3) is 1.94. The van der Waals surface area contributed by atoms with Crippen molar-refractivity contribution in [2.75, 3.05) is 20.2 Å². The van der Waals surface area contributed by atoms with E-state index < -0.39 is 5.41 Å². The molecule has 2 aromatic rings. The van der Waals surface area contributed by atoms with E-state index in [1.165, 1.54) is 13.4 Å². The third-order valence-electron chi connectivity index (χ3n) is 4.03. The molecule has 5 heteroatoms. The van der Waals surface area contributed by atoms with E-state index in [-0.39, 0.29) is 5.97 Å². The molecule has 1 fully saturated rings. The van der Waals surface area contributed by atoms with Crippen LogP contribution in [0.5, 0.6) is 0 Å². The zero-order valence-corrected chi connectivity index (χ0v) is 11.4. The van der Waals surface area contributed by atoms with Crippen LogP contribution in [0.4, 0.5) is 0 Å². The molecule has 1 aromatic carbocycles. The number of nitrogens with zero attached hydrogens (tertiary/aromatic N) is 2. The summed E-state index contributed by atoms with van der Waals surface area (Å²) >= 11 is 0. The maximum Gasteiger partial charge on any atom is 0.318 e. The van der Waals surface area contributed by atoms with E-state index in [1.54, 1.807) is 0 Å². The summed E-state index contributed by atoms with van der Waals surface area (Å²) in [5, 5.41) is 4.22. The summed E-state index contributed by atoms with van der Waals surface area (Å²) in [6.07, 6.45) is 2.92. The van der Waals surface area contributed by atoms with Crippen molar-refractivity contribution in [1.29, 1.82) is 0 Å². The molecule has 1 saturated heterocycles. The standard InChI is InChI=1S/C15H17N3O2/c1-20-14(19)15(6-8-16-9-7-15)13-11-4-2-3-5-12(11)17-10-18-13/h2-5,10,16H,6-9H2,1H3. The molecule has 0 atom stereocenters. The molecule has 0 unspecified atom stereocenters. The summed E-state index contributed by atoms with van der Waals surface area (Å²) in [4.78, 5) is 21.1. The number of rotatable bonds is 2. The number of carbonyl (C=O) groups is 1. The molecule has 1 N–H and O–H groups in total. The number of ether oxygens (including phenoxy) is 1. The number of esters is 1. The van der Waals surface area contributed by atoms with Crippen molar-refractivity contribution in [3.8, 4) is 0 Å². The molecule has 0 saturated carbocycles. The van der Waals surface area contributed by atoms with Crippen molar-refractivity contribution in [2.24, 2.45) is 0 Å². The first-order valence-corrected chi connectivity index (χ1v) is 6.77. The minimum atomic E-state index is -0.664. The highest BCUT2D eigenvalue weighted by Gasteiger charge is 2.44. The number of nitrogens with one attached hydrogen (secondary N) is 1. The number of benzene rings is 1. The lowest BCUT2D eigenvalue weighted by molar-refractivity contribution is -0.148. The highest BCUT2D eigenvalue weighted by Crippen LogP contribution is 2.36. The Kier molecular flexibility index (Phi) is 3.36. The Bertz CT molecular complexity index is 631. The fourth-order valence-electron chi connectivity index (χ4n) is 2.97. The molecule has 20 heavy (non-hydrogen) atoms. The van der Waals surface area contributed by atoms with Gasteiger partial charge in [-0.25, -0.2) is 9.97 Å². The normalized spacial score (nSPS) is 17.9. The van der Waals surface area contributed by atoms with Crippen molar-refractivity contribution < 1.29 is 9.53 Å². The predicted octanol–water partition coefficient (Wildman–Crippen LogP) is 1.42. The summed E-state index contributed by atoms with van der Waals surface area (Å²) in [6, 6.07) is 7.79. The first-order chi connectivity index (χ1) is 9.78. The van der Waals surface area contributed by atoms with Crippen molar-refractivity contribution in [3.05, 3.63) is 36.3 Å². The van der Waals surface area contributed by atoms with E-state index in [1.807, 2.05) is 24.3 Å². The number of methoxy groups -OCH3 is 1. The number of hydrogen-bond acceptors (Lipinski definition) is 5. The summed E-state index contributed by atoms with van der Waals surface area (Å²) in [5.41, 5.74) is 0.985. The number of fused-ring (bicyclic) bond motifs is 1. The monoisotopic (exact) mass is 271 g/mol.